The first-order chi connectivity index (χ1) is 8.57. The minimum Gasteiger partial charge on any atom is -0.481 e. The van der Waals surface area contributed by atoms with Crippen LogP contribution in [0.1, 0.15) is 20.3 Å². The molecule has 1 N–H and O–H groups in total. The van der Waals surface area contributed by atoms with Gasteiger partial charge in [0, 0.05) is 5.38 Å². The summed E-state index contributed by atoms with van der Waals surface area (Å²) in [6.45, 7) is 3.68. The molecule has 1 unspecified atom stereocenters. The van der Waals surface area contributed by atoms with Crippen molar-refractivity contribution in [2.75, 3.05) is 0 Å². The standard InChI is InChI=1S/C9H12N6O2S/c1-3-9(2,8(16)17)5-15-7(11-12-13-15)6-4-18-14-10-6/h4H,3,5H2,1-2H3,(H,16,17). The van der Waals surface area contributed by atoms with E-state index in [0.29, 0.717) is 17.9 Å². The van der Waals surface area contributed by atoms with Gasteiger partial charge in [0.2, 0.25) is 5.82 Å². The minimum absolute atomic E-state index is 0.193. The van der Waals surface area contributed by atoms with Crippen LogP contribution in [0.5, 0.6) is 0 Å². The van der Waals surface area contributed by atoms with E-state index < -0.39 is 11.4 Å². The molecule has 2 aromatic rings. The third-order valence-corrected chi connectivity index (χ3v) is 3.42. The van der Waals surface area contributed by atoms with E-state index in [2.05, 4.69) is 25.1 Å². The lowest BCUT2D eigenvalue weighted by atomic mass is 9.88. The average molecular weight is 268 g/mol. The SMILES string of the molecule is CCC(C)(Cn1nnnc1-c1csnn1)C(=O)O. The second-order valence-electron chi connectivity index (χ2n) is 4.17. The normalized spacial score (nSPS) is 14.3. The van der Waals surface area contributed by atoms with Gasteiger partial charge in [-0.25, -0.2) is 4.68 Å². The van der Waals surface area contributed by atoms with Crippen LogP contribution in [0.2, 0.25) is 0 Å². The lowest BCUT2D eigenvalue weighted by Gasteiger charge is -2.22. The molecular weight excluding hydrogens is 256 g/mol. The molecule has 0 fully saturated rings. The molecule has 0 aliphatic heterocycles. The van der Waals surface area contributed by atoms with Crippen molar-refractivity contribution >= 4 is 17.5 Å². The van der Waals surface area contributed by atoms with E-state index in [0.717, 1.165) is 0 Å². The average Bonchev–Trinajstić information content (AvgIpc) is 2.98. The van der Waals surface area contributed by atoms with E-state index in [4.69, 9.17) is 0 Å². The summed E-state index contributed by atoms with van der Waals surface area (Å²) in [6, 6.07) is 0. The Hall–Kier alpha value is -1.90. The predicted molar refractivity (Wildman–Crippen MR) is 62.8 cm³/mol. The van der Waals surface area contributed by atoms with Crippen molar-refractivity contribution in [3.8, 4) is 11.5 Å². The lowest BCUT2D eigenvalue weighted by Crippen LogP contribution is -2.32. The zero-order chi connectivity index (χ0) is 13.2. The Balaban J connectivity index is 2.31. The summed E-state index contributed by atoms with van der Waals surface area (Å²) in [5.41, 5.74) is -0.359. The molecule has 0 saturated carbocycles. The molecule has 0 amide bonds. The van der Waals surface area contributed by atoms with Gasteiger partial charge in [-0.05, 0) is 35.3 Å². The fourth-order valence-electron chi connectivity index (χ4n) is 1.42. The fraction of sp³-hybridized carbons (Fsp3) is 0.556. The molecular formula is C9H12N6O2S. The highest BCUT2D eigenvalue weighted by atomic mass is 32.1. The molecule has 0 saturated heterocycles. The Morgan fingerprint density at radius 2 is 2.33 bits per heavy atom. The zero-order valence-corrected chi connectivity index (χ0v) is 10.8. The maximum Gasteiger partial charge on any atom is 0.311 e. The molecule has 2 heterocycles. The van der Waals surface area contributed by atoms with E-state index in [1.54, 1.807) is 12.3 Å². The molecule has 0 aliphatic rings. The van der Waals surface area contributed by atoms with Crippen LogP contribution in [-0.4, -0.2) is 40.9 Å². The molecule has 18 heavy (non-hydrogen) atoms. The van der Waals surface area contributed by atoms with Gasteiger partial charge in [-0.15, -0.1) is 10.2 Å². The summed E-state index contributed by atoms with van der Waals surface area (Å²) in [6.07, 6.45) is 0.483. The number of aliphatic carboxylic acids is 1. The second-order valence-corrected chi connectivity index (χ2v) is 4.78. The number of carboxylic acids is 1. The zero-order valence-electron chi connectivity index (χ0n) is 9.94. The molecule has 2 rings (SSSR count). The maximum atomic E-state index is 11.3. The van der Waals surface area contributed by atoms with Gasteiger partial charge in [0.25, 0.3) is 0 Å². The van der Waals surface area contributed by atoms with Crippen LogP contribution in [-0.2, 0) is 11.3 Å². The summed E-state index contributed by atoms with van der Waals surface area (Å²) < 4.78 is 5.19. The summed E-state index contributed by atoms with van der Waals surface area (Å²) in [5, 5.41) is 26.1. The van der Waals surface area contributed by atoms with Crippen LogP contribution in [0.15, 0.2) is 5.38 Å². The lowest BCUT2D eigenvalue weighted by molar-refractivity contribution is -0.149. The van der Waals surface area contributed by atoms with E-state index in [1.165, 1.54) is 16.2 Å². The van der Waals surface area contributed by atoms with Crippen LogP contribution in [0.4, 0.5) is 0 Å². The van der Waals surface area contributed by atoms with Gasteiger partial charge in [-0.3, -0.25) is 4.79 Å². The number of aromatic nitrogens is 6. The number of hydrogen-bond acceptors (Lipinski definition) is 7. The second kappa shape index (κ2) is 4.77. The Morgan fingerprint density at radius 3 is 2.89 bits per heavy atom. The largest absolute Gasteiger partial charge is 0.481 e. The topological polar surface area (TPSA) is 107 Å². The number of nitrogens with zero attached hydrogens (tertiary/aromatic N) is 6. The molecule has 9 heteroatoms. The van der Waals surface area contributed by atoms with Gasteiger partial charge in [0.05, 0.1) is 12.0 Å². The van der Waals surface area contributed by atoms with E-state index in [-0.39, 0.29) is 6.54 Å². The Kier molecular flexibility index (Phi) is 3.32. The van der Waals surface area contributed by atoms with Crippen molar-refractivity contribution in [1.29, 1.82) is 0 Å². The van der Waals surface area contributed by atoms with Gasteiger partial charge in [0.15, 0.2) is 0 Å². The Bertz CT molecular complexity index is 539. The molecule has 8 nitrogen and oxygen atoms in total. The number of carbonyl (C=O) groups is 1. The quantitative estimate of drug-likeness (QED) is 0.850. The van der Waals surface area contributed by atoms with Crippen molar-refractivity contribution in [2.45, 2.75) is 26.8 Å². The van der Waals surface area contributed by atoms with Crippen molar-refractivity contribution in [2.24, 2.45) is 5.41 Å². The highest BCUT2D eigenvalue weighted by Crippen LogP contribution is 2.25. The molecule has 0 bridgehead atoms. The molecule has 0 aliphatic carbocycles. The third-order valence-electron chi connectivity index (χ3n) is 2.92. The van der Waals surface area contributed by atoms with Crippen molar-refractivity contribution < 1.29 is 9.90 Å². The van der Waals surface area contributed by atoms with Gasteiger partial charge in [-0.2, -0.15) is 0 Å². The number of hydrogen-bond donors (Lipinski definition) is 1. The molecule has 0 aromatic carbocycles. The summed E-state index contributed by atoms with van der Waals surface area (Å²) in [7, 11) is 0. The molecule has 2 aromatic heterocycles. The fourth-order valence-corrected chi connectivity index (χ4v) is 1.85. The predicted octanol–water partition coefficient (Wildman–Crippen LogP) is 0.692. The highest BCUT2D eigenvalue weighted by molar-refractivity contribution is 7.03. The number of tetrazole rings is 1. The minimum atomic E-state index is -0.909. The third kappa shape index (κ3) is 2.21. The molecule has 0 spiro atoms. The first kappa shape index (κ1) is 12.6. The summed E-state index contributed by atoms with van der Waals surface area (Å²) >= 11 is 1.19. The van der Waals surface area contributed by atoms with E-state index in [9.17, 15) is 9.90 Å². The van der Waals surface area contributed by atoms with Crippen LogP contribution in [0.3, 0.4) is 0 Å². The van der Waals surface area contributed by atoms with E-state index in [1.807, 2.05) is 6.92 Å². The number of carboxylic acid groups (broad SMARTS) is 1. The maximum absolute atomic E-state index is 11.3. The van der Waals surface area contributed by atoms with Crippen molar-refractivity contribution in [1.82, 2.24) is 29.8 Å². The summed E-state index contributed by atoms with van der Waals surface area (Å²) in [5.74, 6) is -0.437. The summed E-state index contributed by atoms with van der Waals surface area (Å²) in [4.78, 5) is 11.3. The van der Waals surface area contributed by atoms with Crippen LogP contribution >= 0.6 is 11.5 Å². The first-order valence-electron chi connectivity index (χ1n) is 5.34. The highest BCUT2D eigenvalue weighted by Gasteiger charge is 2.33. The number of rotatable bonds is 5. The van der Waals surface area contributed by atoms with Crippen LogP contribution < -0.4 is 0 Å². The smallest absolute Gasteiger partial charge is 0.311 e. The molecule has 1 atom stereocenters. The van der Waals surface area contributed by atoms with Crippen molar-refractivity contribution in [3.63, 3.8) is 0 Å². The molecule has 0 radical (unpaired) electrons. The van der Waals surface area contributed by atoms with Gasteiger partial charge < -0.3 is 5.11 Å². The Labute approximate surface area is 107 Å². The molecule has 96 valence electrons. The van der Waals surface area contributed by atoms with Gasteiger partial charge >= 0.3 is 5.97 Å². The first-order valence-corrected chi connectivity index (χ1v) is 6.17. The monoisotopic (exact) mass is 268 g/mol. The van der Waals surface area contributed by atoms with Crippen molar-refractivity contribution in [3.05, 3.63) is 5.38 Å². The van der Waals surface area contributed by atoms with E-state index >= 15 is 0 Å². The van der Waals surface area contributed by atoms with Crippen LogP contribution in [0.25, 0.3) is 11.5 Å². The van der Waals surface area contributed by atoms with Crippen LogP contribution in [0, 0.1) is 5.41 Å². The van der Waals surface area contributed by atoms with Gasteiger partial charge in [-0.1, -0.05) is 11.4 Å². The van der Waals surface area contributed by atoms with Gasteiger partial charge in [0.1, 0.15) is 5.69 Å². The Morgan fingerprint density at radius 1 is 1.56 bits per heavy atom.